The predicted molar refractivity (Wildman–Crippen MR) is 75.5 cm³/mol. The third-order valence-corrected chi connectivity index (χ3v) is 2.93. The summed E-state index contributed by atoms with van der Waals surface area (Å²) in [6.07, 6.45) is 1.09. The van der Waals surface area contributed by atoms with E-state index in [-0.39, 0.29) is 0 Å². The van der Waals surface area contributed by atoms with Gasteiger partial charge in [0.25, 0.3) is 0 Å². The standard InChI is InChI=1S/C14H20N4O/c1-4-7-15-9-13-17-18-14(19-13)16-12-6-5-10(2)11(3)8-12/h5-6,8,15H,4,7,9H2,1-3H3,(H,16,18). The molecular weight excluding hydrogens is 240 g/mol. The fourth-order valence-electron chi connectivity index (χ4n) is 1.69. The van der Waals surface area contributed by atoms with Crippen LogP contribution in [0.1, 0.15) is 30.4 Å². The van der Waals surface area contributed by atoms with Crippen molar-refractivity contribution in [1.82, 2.24) is 15.5 Å². The highest BCUT2D eigenvalue weighted by Crippen LogP contribution is 2.18. The number of benzene rings is 1. The van der Waals surface area contributed by atoms with Gasteiger partial charge in [-0.3, -0.25) is 0 Å². The molecule has 0 aliphatic heterocycles. The van der Waals surface area contributed by atoms with E-state index < -0.39 is 0 Å². The van der Waals surface area contributed by atoms with Gasteiger partial charge in [0.1, 0.15) is 0 Å². The van der Waals surface area contributed by atoms with Crippen LogP contribution in [0.2, 0.25) is 0 Å². The van der Waals surface area contributed by atoms with Gasteiger partial charge in [-0.05, 0) is 50.1 Å². The van der Waals surface area contributed by atoms with E-state index >= 15 is 0 Å². The monoisotopic (exact) mass is 260 g/mol. The predicted octanol–water partition coefficient (Wildman–Crippen LogP) is 2.93. The minimum atomic E-state index is 0.427. The van der Waals surface area contributed by atoms with Gasteiger partial charge in [-0.25, -0.2) is 0 Å². The van der Waals surface area contributed by atoms with Crippen LogP contribution >= 0.6 is 0 Å². The summed E-state index contributed by atoms with van der Waals surface area (Å²) in [6, 6.07) is 6.56. The van der Waals surface area contributed by atoms with Crippen LogP contribution in [0.25, 0.3) is 0 Å². The smallest absolute Gasteiger partial charge is 0.320 e. The number of hydrogen-bond acceptors (Lipinski definition) is 5. The third-order valence-electron chi connectivity index (χ3n) is 2.93. The Bertz CT molecular complexity index is 536. The number of hydrogen-bond donors (Lipinski definition) is 2. The first kappa shape index (κ1) is 13.5. The van der Waals surface area contributed by atoms with Crippen LogP contribution in [0.15, 0.2) is 22.6 Å². The minimum Gasteiger partial charge on any atom is -0.406 e. The van der Waals surface area contributed by atoms with E-state index in [2.05, 4.69) is 53.7 Å². The molecule has 1 aromatic carbocycles. The van der Waals surface area contributed by atoms with E-state index in [1.807, 2.05) is 6.07 Å². The van der Waals surface area contributed by atoms with Gasteiger partial charge in [0.05, 0.1) is 6.54 Å². The second-order valence-corrected chi connectivity index (χ2v) is 4.60. The zero-order valence-corrected chi connectivity index (χ0v) is 11.7. The summed E-state index contributed by atoms with van der Waals surface area (Å²) in [6.45, 7) is 7.84. The summed E-state index contributed by atoms with van der Waals surface area (Å²) in [5.41, 5.74) is 3.45. The molecule has 102 valence electrons. The van der Waals surface area contributed by atoms with E-state index in [4.69, 9.17) is 4.42 Å². The average Bonchev–Trinajstić information content (AvgIpc) is 2.82. The van der Waals surface area contributed by atoms with Gasteiger partial charge in [0.2, 0.25) is 5.89 Å². The van der Waals surface area contributed by atoms with E-state index in [0.29, 0.717) is 18.5 Å². The zero-order valence-electron chi connectivity index (χ0n) is 11.7. The van der Waals surface area contributed by atoms with Crippen molar-refractivity contribution < 1.29 is 4.42 Å². The molecule has 0 saturated carbocycles. The van der Waals surface area contributed by atoms with Crippen LogP contribution in [0, 0.1) is 13.8 Å². The normalized spacial score (nSPS) is 10.7. The second kappa shape index (κ2) is 6.33. The van der Waals surface area contributed by atoms with Crippen LogP contribution in [0.4, 0.5) is 11.7 Å². The average molecular weight is 260 g/mol. The van der Waals surface area contributed by atoms with Gasteiger partial charge < -0.3 is 15.1 Å². The molecule has 0 aliphatic rings. The maximum atomic E-state index is 5.51. The summed E-state index contributed by atoms with van der Waals surface area (Å²) >= 11 is 0. The van der Waals surface area contributed by atoms with Gasteiger partial charge in [-0.15, -0.1) is 5.10 Å². The van der Waals surface area contributed by atoms with E-state index in [1.54, 1.807) is 0 Å². The number of nitrogens with zero attached hydrogens (tertiary/aromatic N) is 2. The van der Waals surface area contributed by atoms with Crippen molar-refractivity contribution in [1.29, 1.82) is 0 Å². The summed E-state index contributed by atoms with van der Waals surface area (Å²) in [4.78, 5) is 0. The number of aryl methyl sites for hydroxylation is 2. The Balaban J connectivity index is 1.97. The van der Waals surface area contributed by atoms with Crippen LogP contribution in [-0.4, -0.2) is 16.7 Å². The minimum absolute atomic E-state index is 0.427. The molecule has 5 nitrogen and oxygen atoms in total. The number of aromatic nitrogens is 2. The maximum Gasteiger partial charge on any atom is 0.320 e. The molecule has 0 bridgehead atoms. The first-order valence-electron chi connectivity index (χ1n) is 6.56. The Morgan fingerprint density at radius 1 is 1.16 bits per heavy atom. The fourth-order valence-corrected chi connectivity index (χ4v) is 1.69. The Hall–Kier alpha value is -1.88. The van der Waals surface area contributed by atoms with Crippen molar-refractivity contribution >= 4 is 11.7 Å². The SMILES string of the molecule is CCCNCc1nnc(Nc2ccc(C)c(C)c2)o1. The molecule has 0 unspecified atom stereocenters. The van der Waals surface area contributed by atoms with E-state index in [1.165, 1.54) is 11.1 Å². The molecule has 1 heterocycles. The van der Waals surface area contributed by atoms with Crippen molar-refractivity contribution in [2.75, 3.05) is 11.9 Å². The summed E-state index contributed by atoms with van der Waals surface area (Å²) in [5, 5.41) is 14.3. The highest BCUT2D eigenvalue weighted by Gasteiger charge is 2.06. The lowest BCUT2D eigenvalue weighted by Gasteiger charge is -2.04. The van der Waals surface area contributed by atoms with Gasteiger partial charge >= 0.3 is 6.01 Å². The second-order valence-electron chi connectivity index (χ2n) is 4.60. The molecule has 0 spiro atoms. The van der Waals surface area contributed by atoms with E-state index in [0.717, 1.165) is 18.7 Å². The Kier molecular flexibility index (Phi) is 4.52. The van der Waals surface area contributed by atoms with E-state index in [9.17, 15) is 0 Å². The van der Waals surface area contributed by atoms with Crippen molar-refractivity contribution in [3.8, 4) is 0 Å². The molecule has 0 amide bonds. The van der Waals surface area contributed by atoms with Gasteiger partial charge in [-0.1, -0.05) is 18.1 Å². The highest BCUT2D eigenvalue weighted by atomic mass is 16.4. The van der Waals surface area contributed by atoms with Crippen molar-refractivity contribution in [3.05, 3.63) is 35.2 Å². The molecule has 0 radical (unpaired) electrons. The quantitative estimate of drug-likeness (QED) is 0.782. The third kappa shape index (κ3) is 3.79. The van der Waals surface area contributed by atoms with Crippen LogP contribution in [0.5, 0.6) is 0 Å². The lowest BCUT2D eigenvalue weighted by Crippen LogP contribution is -2.13. The summed E-state index contributed by atoms with van der Waals surface area (Å²) < 4.78 is 5.51. The van der Waals surface area contributed by atoms with Crippen molar-refractivity contribution in [2.45, 2.75) is 33.7 Å². The lowest BCUT2D eigenvalue weighted by molar-refractivity contribution is 0.479. The molecule has 5 heteroatoms. The maximum absolute atomic E-state index is 5.51. The lowest BCUT2D eigenvalue weighted by atomic mass is 10.1. The number of rotatable bonds is 6. The molecule has 19 heavy (non-hydrogen) atoms. The molecule has 2 aromatic rings. The Labute approximate surface area is 113 Å². The molecule has 1 aromatic heterocycles. The molecule has 2 rings (SSSR count). The molecule has 2 N–H and O–H groups in total. The Morgan fingerprint density at radius 3 is 2.74 bits per heavy atom. The summed E-state index contributed by atoms with van der Waals surface area (Å²) in [7, 11) is 0. The molecular formula is C14H20N4O. The van der Waals surface area contributed by atoms with Crippen molar-refractivity contribution in [3.63, 3.8) is 0 Å². The van der Waals surface area contributed by atoms with Gasteiger partial charge in [0.15, 0.2) is 0 Å². The first-order chi connectivity index (χ1) is 9.19. The van der Waals surface area contributed by atoms with Crippen LogP contribution < -0.4 is 10.6 Å². The number of nitrogens with one attached hydrogen (secondary N) is 2. The highest BCUT2D eigenvalue weighted by molar-refractivity contribution is 5.54. The number of anilines is 2. The molecule has 0 atom stereocenters. The fraction of sp³-hybridized carbons (Fsp3) is 0.429. The van der Waals surface area contributed by atoms with Crippen molar-refractivity contribution in [2.24, 2.45) is 0 Å². The Morgan fingerprint density at radius 2 is 2.00 bits per heavy atom. The molecule has 0 saturated heterocycles. The van der Waals surface area contributed by atoms with Crippen LogP contribution in [-0.2, 0) is 6.54 Å². The first-order valence-corrected chi connectivity index (χ1v) is 6.56. The largest absolute Gasteiger partial charge is 0.406 e. The molecule has 0 fully saturated rings. The molecule has 0 aliphatic carbocycles. The topological polar surface area (TPSA) is 63.0 Å². The zero-order chi connectivity index (χ0) is 13.7. The summed E-state index contributed by atoms with van der Waals surface area (Å²) in [5.74, 6) is 0.597. The van der Waals surface area contributed by atoms with Crippen LogP contribution in [0.3, 0.4) is 0 Å². The van der Waals surface area contributed by atoms with Gasteiger partial charge in [0, 0.05) is 5.69 Å². The van der Waals surface area contributed by atoms with Gasteiger partial charge in [-0.2, -0.15) is 0 Å².